The molecule has 0 spiro atoms. The van der Waals surface area contributed by atoms with Crippen LogP contribution in [0.4, 0.5) is 17.2 Å². The first-order valence-corrected chi connectivity index (χ1v) is 13.4. The summed E-state index contributed by atoms with van der Waals surface area (Å²) < 4.78 is 0. The number of hydrogen-bond acceptors (Lipinski definition) is 4. The maximum absolute atomic E-state index is 13.3. The number of nitrogens with one attached hydrogen (secondary N) is 2. The van der Waals surface area contributed by atoms with Crippen LogP contribution in [0.25, 0.3) is 10.9 Å². The number of anilines is 3. The summed E-state index contributed by atoms with van der Waals surface area (Å²) in [4.78, 5) is 20.5. The molecule has 4 rings (SSSR count). The van der Waals surface area contributed by atoms with Gasteiger partial charge in [-0.25, -0.2) is 4.98 Å². The van der Waals surface area contributed by atoms with Crippen molar-refractivity contribution in [1.82, 2.24) is 10.3 Å². The lowest BCUT2D eigenvalue weighted by atomic mass is 10.0. The van der Waals surface area contributed by atoms with E-state index in [2.05, 4.69) is 84.8 Å². The van der Waals surface area contributed by atoms with Crippen molar-refractivity contribution >= 4 is 34.0 Å². The standard InChI is InChI=1S/C32H38N4O/c1-4-5-21-36(27-12-7-6-8-13-27)22-11-20-33-32(37)29-23-31(35-30-15-10-9-14-28(29)30)34-26-18-16-25(17-19-26)24(2)3/h6-10,12-19,23-24H,4-5,11,20-22H2,1-3H3,(H,33,37)(H,34,35). The Morgan fingerprint density at radius 2 is 1.59 bits per heavy atom. The molecule has 0 aliphatic rings. The van der Waals surface area contributed by atoms with Crippen LogP contribution in [0.5, 0.6) is 0 Å². The Kier molecular flexibility index (Phi) is 9.14. The molecular weight excluding hydrogens is 456 g/mol. The van der Waals surface area contributed by atoms with Crippen LogP contribution in [0.15, 0.2) is 84.9 Å². The predicted octanol–water partition coefficient (Wildman–Crippen LogP) is 7.53. The largest absolute Gasteiger partial charge is 0.371 e. The van der Waals surface area contributed by atoms with Crippen LogP contribution >= 0.6 is 0 Å². The van der Waals surface area contributed by atoms with Gasteiger partial charge < -0.3 is 15.5 Å². The third-order valence-electron chi connectivity index (χ3n) is 6.60. The van der Waals surface area contributed by atoms with Crippen LogP contribution in [0.1, 0.15) is 61.9 Å². The van der Waals surface area contributed by atoms with E-state index in [1.54, 1.807) is 0 Å². The molecule has 5 heteroatoms. The Balaban J connectivity index is 1.43. The minimum Gasteiger partial charge on any atom is -0.371 e. The van der Waals surface area contributed by atoms with Gasteiger partial charge in [-0.1, -0.05) is 75.7 Å². The van der Waals surface area contributed by atoms with Gasteiger partial charge in [0.25, 0.3) is 5.91 Å². The molecule has 0 aliphatic heterocycles. The maximum Gasteiger partial charge on any atom is 0.252 e. The lowest BCUT2D eigenvalue weighted by molar-refractivity contribution is 0.0955. The number of nitrogens with zero attached hydrogens (tertiary/aromatic N) is 2. The van der Waals surface area contributed by atoms with Crippen molar-refractivity contribution in [3.63, 3.8) is 0 Å². The monoisotopic (exact) mass is 494 g/mol. The van der Waals surface area contributed by atoms with E-state index >= 15 is 0 Å². The zero-order chi connectivity index (χ0) is 26.0. The van der Waals surface area contributed by atoms with Gasteiger partial charge in [0.15, 0.2) is 0 Å². The number of hydrogen-bond donors (Lipinski definition) is 2. The summed E-state index contributed by atoms with van der Waals surface area (Å²) in [5.41, 5.74) is 4.91. The normalized spacial score (nSPS) is 11.0. The first-order valence-electron chi connectivity index (χ1n) is 13.4. The summed E-state index contributed by atoms with van der Waals surface area (Å²) in [5, 5.41) is 7.38. The molecule has 0 saturated carbocycles. The van der Waals surface area contributed by atoms with E-state index in [4.69, 9.17) is 4.98 Å². The number of carbonyl (C=O) groups is 1. The van der Waals surface area contributed by atoms with Crippen LogP contribution in [0.3, 0.4) is 0 Å². The van der Waals surface area contributed by atoms with Gasteiger partial charge in [-0.3, -0.25) is 4.79 Å². The molecule has 1 aromatic heterocycles. The molecular formula is C32H38N4O. The van der Waals surface area contributed by atoms with Gasteiger partial charge >= 0.3 is 0 Å². The van der Waals surface area contributed by atoms with Crippen molar-refractivity contribution in [3.05, 3.63) is 96.1 Å². The molecule has 0 fully saturated rings. The second-order valence-corrected chi connectivity index (χ2v) is 9.76. The highest BCUT2D eigenvalue weighted by molar-refractivity contribution is 6.07. The Morgan fingerprint density at radius 3 is 2.32 bits per heavy atom. The molecule has 192 valence electrons. The minimum atomic E-state index is -0.0726. The van der Waals surface area contributed by atoms with Crippen molar-refractivity contribution in [3.8, 4) is 0 Å². The van der Waals surface area contributed by atoms with Crippen LogP contribution in [0.2, 0.25) is 0 Å². The fourth-order valence-corrected chi connectivity index (χ4v) is 4.45. The van der Waals surface area contributed by atoms with E-state index in [1.807, 2.05) is 36.4 Å². The third kappa shape index (κ3) is 7.10. The highest BCUT2D eigenvalue weighted by atomic mass is 16.1. The molecule has 0 unspecified atom stereocenters. The predicted molar refractivity (Wildman–Crippen MR) is 156 cm³/mol. The topological polar surface area (TPSA) is 57.3 Å². The van der Waals surface area contributed by atoms with Gasteiger partial charge in [0.1, 0.15) is 5.82 Å². The highest BCUT2D eigenvalue weighted by Gasteiger charge is 2.14. The smallest absolute Gasteiger partial charge is 0.252 e. The summed E-state index contributed by atoms with van der Waals surface area (Å²) in [6.07, 6.45) is 3.19. The molecule has 1 heterocycles. The number of amides is 1. The van der Waals surface area contributed by atoms with Crippen LogP contribution < -0.4 is 15.5 Å². The number of carbonyl (C=O) groups excluding carboxylic acids is 1. The molecule has 5 nitrogen and oxygen atoms in total. The summed E-state index contributed by atoms with van der Waals surface area (Å²) in [5.74, 6) is 1.07. The van der Waals surface area contributed by atoms with Crippen molar-refractivity contribution < 1.29 is 4.79 Å². The van der Waals surface area contributed by atoms with Gasteiger partial charge in [-0.15, -0.1) is 0 Å². The lowest BCUT2D eigenvalue weighted by Gasteiger charge is -2.25. The fourth-order valence-electron chi connectivity index (χ4n) is 4.45. The van der Waals surface area contributed by atoms with E-state index in [0.717, 1.165) is 48.9 Å². The zero-order valence-electron chi connectivity index (χ0n) is 22.2. The Morgan fingerprint density at radius 1 is 0.892 bits per heavy atom. The van der Waals surface area contributed by atoms with Gasteiger partial charge in [0, 0.05) is 36.4 Å². The second kappa shape index (κ2) is 12.9. The minimum absolute atomic E-state index is 0.0726. The molecule has 1 amide bonds. The summed E-state index contributed by atoms with van der Waals surface area (Å²) >= 11 is 0. The molecule has 0 aliphatic carbocycles. The summed E-state index contributed by atoms with van der Waals surface area (Å²) in [7, 11) is 0. The van der Waals surface area contributed by atoms with E-state index in [9.17, 15) is 4.79 Å². The van der Waals surface area contributed by atoms with Gasteiger partial charge in [-0.2, -0.15) is 0 Å². The number of rotatable bonds is 12. The number of aromatic nitrogens is 1. The van der Waals surface area contributed by atoms with Crippen molar-refractivity contribution in [2.45, 2.75) is 46.0 Å². The van der Waals surface area contributed by atoms with Gasteiger partial charge in [0.2, 0.25) is 0 Å². The summed E-state index contributed by atoms with van der Waals surface area (Å²) in [6.45, 7) is 9.12. The van der Waals surface area contributed by atoms with Crippen molar-refractivity contribution in [1.29, 1.82) is 0 Å². The number of pyridine rings is 1. The Labute approximate surface area is 220 Å². The SMILES string of the molecule is CCCCN(CCCNC(=O)c1cc(Nc2ccc(C(C)C)cc2)nc2ccccc12)c1ccccc1. The molecule has 0 saturated heterocycles. The molecule has 3 aromatic carbocycles. The highest BCUT2D eigenvalue weighted by Crippen LogP contribution is 2.24. The summed E-state index contributed by atoms with van der Waals surface area (Å²) in [6, 6.07) is 28.5. The first-order chi connectivity index (χ1) is 18.0. The second-order valence-electron chi connectivity index (χ2n) is 9.76. The van der Waals surface area contributed by atoms with E-state index in [-0.39, 0.29) is 5.91 Å². The maximum atomic E-state index is 13.3. The Hall–Kier alpha value is -3.86. The fraction of sp³-hybridized carbons (Fsp3) is 0.312. The van der Waals surface area contributed by atoms with Gasteiger partial charge in [-0.05, 0) is 60.7 Å². The molecule has 0 radical (unpaired) electrons. The van der Waals surface area contributed by atoms with E-state index in [0.29, 0.717) is 23.8 Å². The number of fused-ring (bicyclic) bond motifs is 1. The molecule has 0 atom stereocenters. The van der Waals surface area contributed by atoms with Crippen LogP contribution in [-0.4, -0.2) is 30.5 Å². The Bertz CT molecular complexity index is 1290. The third-order valence-corrected chi connectivity index (χ3v) is 6.60. The number of para-hydroxylation sites is 2. The lowest BCUT2D eigenvalue weighted by Crippen LogP contribution is -2.30. The van der Waals surface area contributed by atoms with Crippen LogP contribution in [0, 0.1) is 0 Å². The average Bonchev–Trinajstić information content (AvgIpc) is 2.93. The first kappa shape index (κ1) is 26.2. The van der Waals surface area contributed by atoms with Crippen molar-refractivity contribution in [2.24, 2.45) is 0 Å². The molecule has 4 aromatic rings. The molecule has 2 N–H and O–H groups in total. The zero-order valence-corrected chi connectivity index (χ0v) is 22.2. The van der Waals surface area contributed by atoms with Gasteiger partial charge in [0.05, 0.1) is 11.1 Å². The molecule has 0 bridgehead atoms. The number of benzene rings is 3. The average molecular weight is 495 g/mol. The van der Waals surface area contributed by atoms with E-state index in [1.165, 1.54) is 11.3 Å². The van der Waals surface area contributed by atoms with Crippen LogP contribution in [-0.2, 0) is 0 Å². The number of unbranched alkanes of at least 4 members (excludes halogenated alkanes) is 1. The quantitative estimate of drug-likeness (QED) is 0.200. The van der Waals surface area contributed by atoms with E-state index < -0.39 is 0 Å². The van der Waals surface area contributed by atoms with Crippen molar-refractivity contribution in [2.75, 3.05) is 29.9 Å². The molecule has 37 heavy (non-hydrogen) atoms.